The van der Waals surface area contributed by atoms with Crippen LogP contribution in [-0.4, -0.2) is 25.8 Å². The molecule has 0 bridgehead atoms. The quantitative estimate of drug-likeness (QED) is 0.773. The van der Waals surface area contributed by atoms with Crippen LogP contribution < -0.4 is 10.6 Å². The highest BCUT2D eigenvalue weighted by Gasteiger charge is 2.06. The third-order valence-electron chi connectivity index (χ3n) is 3.02. The molecule has 0 saturated heterocycles. The molecule has 2 N–H and O–H groups in total. The number of carbonyl (C=O) groups excluding carboxylic acids is 1. The van der Waals surface area contributed by atoms with E-state index in [2.05, 4.69) is 25.7 Å². The standard InChI is InChI=1S/C14H14N6OS/c1-20-12(2-3-18-20)11-6-10(7-15-9-11)8-17-13(21)19-14-16-4-5-22-14/h2-7,9H,8H2,1H3,(H2,16,17,19,21). The van der Waals surface area contributed by atoms with E-state index in [9.17, 15) is 4.79 Å². The van der Waals surface area contributed by atoms with Crippen molar-refractivity contribution in [3.05, 3.63) is 47.9 Å². The van der Waals surface area contributed by atoms with Gasteiger partial charge in [0.2, 0.25) is 0 Å². The predicted octanol–water partition coefficient (Wildman–Crippen LogP) is 2.26. The molecule has 0 aromatic carbocycles. The summed E-state index contributed by atoms with van der Waals surface area (Å²) in [6.45, 7) is 0.385. The number of carbonyl (C=O) groups is 1. The zero-order chi connectivity index (χ0) is 15.4. The zero-order valence-electron chi connectivity index (χ0n) is 11.9. The second-order valence-corrected chi connectivity index (χ2v) is 5.46. The number of nitrogens with zero attached hydrogens (tertiary/aromatic N) is 4. The Bertz CT molecular complexity index is 767. The van der Waals surface area contributed by atoms with Gasteiger partial charge in [-0.25, -0.2) is 9.78 Å². The summed E-state index contributed by atoms with van der Waals surface area (Å²) in [7, 11) is 1.88. The van der Waals surface area contributed by atoms with Crippen molar-refractivity contribution < 1.29 is 4.79 Å². The minimum absolute atomic E-state index is 0.291. The summed E-state index contributed by atoms with van der Waals surface area (Å²) in [4.78, 5) is 20.0. The molecule has 0 unspecified atom stereocenters. The summed E-state index contributed by atoms with van der Waals surface area (Å²) >= 11 is 1.37. The Morgan fingerprint density at radius 3 is 3.00 bits per heavy atom. The predicted molar refractivity (Wildman–Crippen MR) is 84.4 cm³/mol. The summed E-state index contributed by atoms with van der Waals surface area (Å²) < 4.78 is 1.78. The van der Waals surface area contributed by atoms with Crippen LogP contribution >= 0.6 is 11.3 Å². The molecule has 0 spiro atoms. The first-order valence-corrected chi connectivity index (χ1v) is 7.47. The van der Waals surface area contributed by atoms with Crippen LogP contribution in [0, 0.1) is 0 Å². The van der Waals surface area contributed by atoms with Crippen LogP contribution in [0.3, 0.4) is 0 Å². The molecule has 8 heteroatoms. The van der Waals surface area contributed by atoms with E-state index >= 15 is 0 Å². The van der Waals surface area contributed by atoms with Gasteiger partial charge in [-0.15, -0.1) is 11.3 Å². The molecule has 0 aliphatic heterocycles. The molecule has 0 saturated carbocycles. The van der Waals surface area contributed by atoms with Crippen molar-refractivity contribution in [1.82, 2.24) is 25.1 Å². The number of urea groups is 1. The summed E-state index contributed by atoms with van der Waals surface area (Å²) in [5.74, 6) is 0. The molecule has 0 radical (unpaired) electrons. The van der Waals surface area contributed by atoms with Gasteiger partial charge in [0.05, 0.1) is 5.69 Å². The number of thiazole rings is 1. The van der Waals surface area contributed by atoms with Crippen LogP contribution in [0.1, 0.15) is 5.56 Å². The van der Waals surface area contributed by atoms with Crippen LogP contribution in [0.25, 0.3) is 11.3 Å². The summed E-state index contributed by atoms with van der Waals surface area (Å²) in [5, 5.41) is 12.0. The largest absolute Gasteiger partial charge is 0.334 e. The fourth-order valence-electron chi connectivity index (χ4n) is 1.99. The number of hydrogen-bond donors (Lipinski definition) is 2. The fraction of sp³-hybridized carbons (Fsp3) is 0.143. The van der Waals surface area contributed by atoms with Crippen molar-refractivity contribution in [3.63, 3.8) is 0 Å². The van der Waals surface area contributed by atoms with Crippen LogP contribution in [-0.2, 0) is 13.6 Å². The maximum atomic E-state index is 11.8. The van der Waals surface area contributed by atoms with Gasteiger partial charge in [0.25, 0.3) is 0 Å². The van der Waals surface area contributed by atoms with E-state index in [-0.39, 0.29) is 6.03 Å². The molecular formula is C14H14N6OS. The van der Waals surface area contributed by atoms with Crippen molar-refractivity contribution in [2.24, 2.45) is 7.05 Å². The van der Waals surface area contributed by atoms with Gasteiger partial charge in [-0.3, -0.25) is 15.0 Å². The van der Waals surface area contributed by atoms with Crippen molar-refractivity contribution in [2.45, 2.75) is 6.54 Å². The number of rotatable bonds is 4. The average molecular weight is 314 g/mol. The smallest absolute Gasteiger partial charge is 0.321 e. The van der Waals surface area contributed by atoms with E-state index in [0.29, 0.717) is 11.7 Å². The highest BCUT2D eigenvalue weighted by Crippen LogP contribution is 2.18. The lowest BCUT2D eigenvalue weighted by atomic mass is 10.1. The van der Waals surface area contributed by atoms with Crippen LogP contribution in [0.4, 0.5) is 9.93 Å². The monoisotopic (exact) mass is 314 g/mol. The summed E-state index contributed by atoms with van der Waals surface area (Å²) in [6.07, 6.45) is 6.88. The van der Waals surface area contributed by atoms with Gasteiger partial charge < -0.3 is 5.32 Å². The van der Waals surface area contributed by atoms with E-state index in [1.807, 2.05) is 19.2 Å². The van der Waals surface area contributed by atoms with Gasteiger partial charge >= 0.3 is 6.03 Å². The molecular weight excluding hydrogens is 300 g/mol. The number of pyridine rings is 1. The maximum Gasteiger partial charge on any atom is 0.321 e. The lowest BCUT2D eigenvalue weighted by Gasteiger charge is -2.07. The van der Waals surface area contributed by atoms with E-state index in [4.69, 9.17) is 0 Å². The fourth-order valence-corrected chi connectivity index (χ4v) is 2.51. The van der Waals surface area contributed by atoms with Gasteiger partial charge in [-0.1, -0.05) is 0 Å². The van der Waals surface area contributed by atoms with Crippen molar-refractivity contribution in [3.8, 4) is 11.3 Å². The molecule has 3 aromatic rings. The normalized spacial score (nSPS) is 10.4. The van der Waals surface area contributed by atoms with Crippen LogP contribution in [0.5, 0.6) is 0 Å². The molecule has 0 fully saturated rings. The number of amides is 2. The number of anilines is 1. The van der Waals surface area contributed by atoms with E-state index in [1.54, 1.807) is 34.8 Å². The van der Waals surface area contributed by atoms with Gasteiger partial charge in [-0.2, -0.15) is 5.10 Å². The highest BCUT2D eigenvalue weighted by atomic mass is 32.1. The van der Waals surface area contributed by atoms with Crippen LogP contribution in [0.2, 0.25) is 0 Å². The minimum Gasteiger partial charge on any atom is -0.334 e. The number of hydrogen-bond acceptors (Lipinski definition) is 5. The van der Waals surface area contributed by atoms with Crippen molar-refractivity contribution in [1.29, 1.82) is 0 Å². The van der Waals surface area contributed by atoms with Gasteiger partial charge in [0, 0.05) is 49.3 Å². The van der Waals surface area contributed by atoms with E-state index < -0.39 is 0 Å². The lowest BCUT2D eigenvalue weighted by Crippen LogP contribution is -2.28. The number of nitrogens with one attached hydrogen (secondary N) is 2. The summed E-state index contributed by atoms with van der Waals surface area (Å²) in [6, 6.07) is 3.61. The average Bonchev–Trinajstić information content (AvgIpc) is 3.17. The van der Waals surface area contributed by atoms with Crippen molar-refractivity contribution >= 4 is 22.5 Å². The molecule has 0 atom stereocenters. The molecule has 112 valence electrons. The van der Waals surface area contributed by atoms with E-state index in [0.717, 1.165) is 16.8 Å². The molecule has 22 heavy (non-hydrogen) atoms. The Hall–Kier alpha value is -2.74. The second kappa shape index (κ2) is 6.35. The Balaban J connectivity index is 1.63. The molecule has 0 aliphatic rings. The molecule has 3 heterocycles. The second-order valence-electron chi connectivity index (χ2n) is 4.57. The number of aromatic nitrogens is 4. The summed E-state index contributed by atoms with van der Waals surface area (Å²) in [5.41, 5.74) is 2.84. The first-order chi connectivity index (χ1) is 10.7. The van der Waals surface area contributed by atoms with E-state index in [1.165, 1.54) is 11.3 Å². The van der Waals surface area contributed by atoms with Gasteiger partial charge in [0.15, 0.2) is 5.13 Å². The molecule has 3 aromatic heterocycles. The Labute approximate surface area is 131 Å². The van der Waals surface area contributed by atoms with Crippen LogP contribution in [0.15, 0.2) is 42.3 Å². The third-order valence-corrected chi connectivity index (χ3v) is 3.71. The van der Waals surface area contributed by atoms with Gasteiger partial charge in [0.1, 0.15) is 0 Å². The molecule has 3 rings (SSSR count). The Morgan fingerprint density at radius 2 is 2.27 bits per heavy atom. The third kappa shape index (κ3) is 3.29. The van der Waals surface area contributed by atoms with Crippen molar-refractivity contribution in [2.75, 3.05) is 5.32 Å². The molecule has 2 amide bonds. The number of aryl methyl sites for hydroxylation is 1. The first kappa shape index (κ1) is 14.2. The molecule has 0 aliphatic carbocycles. The lowest BCUT2D eigenvalue weighted by molar-refractivity contribution is 0.251. The zero-order valence-corrected chi connectivity index (χ0v) is 12.7. The Kier molecular flexibility index (Phi) is 4.10. The Morgan fingerprint density at radius 1 is 1.36 bits per heavy atom. The van der Waals surface area contributed by atoms with Gasteiger partial charge in [-0.05, 0) is 17.7 Å². The maximum absolute atomic E-state index is 11.8. The SMILES string of the molecule is Cn1nccc1-c1cncc(CNC(=O)Nc2nccs2)c1. The minimum atomic E-state index is -0.291. The molecule has 7 nitrogen and oxygen atoms in total. The topological polar surface area (TPSA) is 84.7 Å². The first-order valence-electron chi connectivity index (χ1n) is 6.59. The highest BCUT2D eigenvalue weighted by molar-refractivity contribution is 7.13.